The van der Waals surface area contributed by atoms with Gasteiger partial charge in [-0.15, -0.1) is 0 Å². The number of piperidine rings is 1. The Kier molecular flexibility index (Phi) is 4.76. The summed E-state index contributed by atoms with van der Waals surface area (Å²) in [6.07, 6.45) is 9.30. The van der Waals surface area contributed by atoms with E-state index in [0.717, 1.165) is 29.3 Å². The molecule has 1 atom stereocenters. The highest BCUT2D eigenvalue weighted by atomic mass is 15.2. The van der Waals surface area contributed by atoms with Crippen LogP contribution in [-0.2, 0) is 13.5 Å². The van der Waals surface area contributed by atoms with Crippen LogP contribution >= 0.6 is 0 Å². The number of imidazole rings is 1. The Morgan fingerprint density at radius 1 is 1.17 bits per heavy atom. The molecule has 3 rings (SSSR count). The van der Waals surface area contributed by atoms with Gasteiger partial charge in [0.05, 0.1) is 23.8 Å². The summed E-state index contributed by atoms with van der Waals surface area (Å²) in [6.45, 7) is 8.98. The van der Waals surface area contributed by atoms with Gasteiger partial charge in [-0.2, -0.15) is 0 Å². The molecule has 3 heterocycles. The molecule has 23 heavy (non-hydrogen) atoms. The molecule has 124 valence electrons. The van der Waals surface area contributed by atoms with Gasteiger partial charge in [-0.1, -0.05) is 0 Å². The highest BCUT2D eigenvalue weighted by molar-refractivity contribution is 5.52. The summed E-state index contributed by atoms with van der Waals surface area (Å²) in [4.78, 5) is 16.2. The third kappa shape index (κ3) is 3.61. The maximum atomic E-state index is 4.65. The monoisotopic (exact) mass is 313 g/mol. The van der Waals surface area contributed by atoms with Crippen molar-refractivity contribution in [2.45, 2.75) is 46.1 Å². The van der Waals surface area contributed by atoms with Crippen molar-refractivity contribution in [1.82, 2.24) is 24.4 Å². The minimum Gasteiger partial charge on any atom is -0.330 e. The van der Waals surface area contributed by atoms with Gasteiger partial charge in [-0.3, -0.25) is 9.97 Å². The third-order valence-corrected chi connectivity index (χ3v) is 4.97. The lowest BCUT2D eigenvalue weighted by Crippen LogP contribution is -2.40. The van der Waals surface area contributed by atoms with Crippen molar-refractivity contribution in [2.75, 3.05) is 13.1 Å². The first-order chi connectivity index (χ1) is 11.0. The van der Waals surface area contributed by atoms with Gasteiger partial charge in [0.15, 0.2) is 0 Å². The zero-order chi connectivity index (χ0) is 16.4. The van der Waals surface area contributed by atoms with Crippen molar-refractivity contribution in [1.29, 1.82) is 0 Å². The summed E-state index contributed by atoms with van der Waals surface area (Å²) in [5.41, 5.74) is 3.01. The van der Waals surface area contributed by atoms with Gasteiger partial charge in [0, 0.05) is 25.8 Å². The molecule has 5 heteroatoms. The second-order valence-electron chi connectivity index (χ2n) is 6.94. The molecule has 0 bridgehead atoms. The molecular weight excluding hydrogens is 286 g/mol. The van der Waals surface area contributed by atoms with Crippen LogP contribution < -0.4 is 0 Å². The van der Waals surface area contributed by atoms with E-state index < -0.39 is 0 Å². The fraction of sp³-hybridized carbons (Fsp3) is 0.611. The number of rotatable bonds is 4. The van der Waals surface area contributed by atoms with Crippen molar-refractivity contribution in [2.24, 2.45) is 13.0 Å². The number of aryl methyl sites for hydroxylation is 1. The molecule has 0 unspecified atom stereocenters. The first kappa shape index (κ1) is 16.1. The SMILES string of the molecule is Cc1ncc(-c2cnc(C[C@@H]3CCCN(C(C)C)C3)cn2)n1C. The Balaban J connectivity index is 1.67. The second kappa shape index (κ2) is 6.79. The van der Waals surface area contributed by atoms with E-state index >= 15 is 0 Å². The van der Waals surface area contributed by atoms with E-state index in [1.165, 1.54) is 25.9 Å². The summed E-state index contributed by atoms with van der Waals surface area (Å²) in [5, 5.41) is 0. The fourth-order valence-electron chi connectivity index (χ4n) is 3.36. The van der Waals surface area contributed by atoms with E-state index in [1.54, 1.807) is 0 Å². The van der Waals surface area contributed by atoms with Gasteiger partial charge in [0.25, 0.3) is 0 Å². The Morgan fingerprint density at radius 2 is 2.00 bits per heavy atom. The summed E-state index contributed by atoms with van der Waals surface area (Å²) >= 11 is 0. The van der Waals surface area contributed by atoms with E-state index in [0.29, 0.717) is 12.0 Å². The molecule has 1 fully saturated rings. The number of likely N-dealkylation sites (tertiary alicyclic amines) is 1. The van der Waals surface area contributed by atoms with Crippen LogP contribution in [0.25, 0.3) is 11.4 Å². The minimum atomic E-state index is 0.638. The highest BCUT2D eigenvalue weighted by Gasteiger charge is 2.22. The predicted molar refractivity (Wildman–Crippen MR) is 92.1 cm³/mol. The van der Waals surface area contributed by atoms with Crippen molar-refractivity contribution < 1.29 is 0 Å². The molecule has 0 aromatic carbocycles. The van der Waals surface area contributed by atoms with Crippen LogP contribution in [0.1, 0.15) is 38.2 Å². The van der Waals surface area contributed by atoms with E-state index in [2.05, 4.69) is 33.7 Å². The zero-order valence-electron chi connectivity index (χ0n) is 14.7. The van der Waals surface area contributed by atoms with Crippen LogP contribution in [0.5, 0.6) is 0 Å². The topological polar surface area (TPSA) is 46.8 Å². The molecule has 0 N–H and O–H groups in total. The molecule has 0 radical (unpaired) electrons. The van der Waals surface area contributed by atoms with Gasteiger partial charge in [-0.05, 0) is 52.5 Å². The van der Waals surface area contributed by atoms with Crippen molar-refractivity contribution >= 4 is 0 Å². The lowest BCUT2D eigenvalue weighted by Gasteiger charge is -2.35. The fourth-order valence-corrected chi connectivity index (χ4v) is 3.36. The quantitative estimate of drug-likeness (QED) is 0.871. The molecule has 2 aromatic rings. The number of hydrogen-bond acceptors (Lipinski definition) is 4. The van der Waals surface area contributed by atoms with Gasteiger partial charge in [0.1, 0.15) is 11.5 Å². The first-order valence-corrected chi connectivity index (χ1v) is 8.58. The maximum absolute atomic E-state index is 4.65. The Hall–Kier alpha value is -1.75. The number of aromatic nitrogens is 4. The summed E-state index contributed by atoms with van der Waals surface area (Å²) < 4.78 is 2.05. The lowest BCUT2D eigenvalue weighted by atomic mass is 9.93. The standard InChI is InChI=1S/C18H27N5/c1-13(2)23-7-5-6-15(12-23)8-16-9-21-17(10-20-16)18-11-19-14(3)22(18)4/h9-11,13,15H,5-8,12H2,1-4H3/t15-/m0/s1. The molecule has 0 saturated carbocycles. The van der Waals surface area contributed by atoms with Gasteiger partial charge in [0.2, 0.25) is 0 Å². The molecular formula is C18H27N5. The van der Waals surface area contributed by atoms with Gasteiger partial charge in [-0.25, -0.2) is 4.98 Å². The molecule has 0 amide bonds. The molecule has 5 nitrogen and oxygen atoms in total. The molecule has 1 aliphatic rings. The van der Waals surface area contributed by atoms with Crippen LogP contribution in [0.4, 0.5) is 0 Å². The molecule has 0 aliphatic carbocycles. The normalized spacial score (nSPS) is 19.4. The molecule has 1 saturated heterocycles. The summed E-state index contributed by atoms with van der Waals surface area (Å²) in [7, 11) is 2.01. The Morgan fingerprint density at radius 3 is 2.61 bits per heavy atom. The smallest absolute Gasteiger partial charge is 0.107 e. The predicted octanol–water partition coefficient (Wildman–Crippen LogP) is 2.85. The Labute approximate surface area is 138 Å². The summed E-state index contributed by atoms with van der Waals surface area (Å²) in [5.74, 6) is 1.69. The minimum absolute atomic E-state index is 0.638. The molecule has 1 aliphatic heterocycles. The summed E-state index contributed by atoms with van der Waals surface area (Å²) in [6, 6.07) is 0.638. The van der Waals surface area contributed by atoms with E-state index in [4.69, 9.17) is 0 Å². The van der Waals surface area contributed by atoms with Crippen LogP contribution in [-0.4, -0.2) is 43.6 Å². The molecule has 0 spiro atoms. The van der Waals surface area contributed by atoms with Crippen LogP contribution in [0.2, 0.25) is 0 Å². The van der Waals surface area contributed by atoms with Crippen LogP contribution in [0, 0.1) is 12.8 Å². The first-order valence-electron chi connectivity index (χ1n) is 8.58. The van der Waals surface area contributed by atoms with Gasteiger partial charge < -0.3 is 9.47 Å². The van der Waals surface area contributed by atoms with E-state index in [1.807, 2.05) is 37.1 Å². The van der Waals surface area contributed by atoms with Gasteiger partial charge >= 0.3 is 0 Å². The third-order valence-electron chi connectivity index (χ3n) is 4.97. The highest BCUT2D eigenvalue weighted by Crippen LogP contribution is 2.22. The zero-order valence-corrected chi connectivity index (χ0v) is 14.7. The number of hydrogen-bond donors (Lipinski definition) is 0. The largest absolute Gasteiger partial charge is 0.330 e. The van der Waals surface area contributed by atoms with Crippen molar-refractivity contribution in [3.63, 3.8) is 0 Å². The average molecular weight is 313 g/mol. The van der Waals surface area contributed by atoms with E-state index in [9.17, 15) is 0 Å². The van der Waals surface area contributed by atoms with Crippen LogP contribution in [0.15, 0.2) is 18.6 Å². The second-order valence-corrected chi connectivity index (χ2v) is 6.94. The van der Waals surface area contributed by atoms with Crippen molar-refractivity contribution in [3.05, 3.63) is 30.1 Å². The number of nitrogens with zero attached hydrogens (tertiary/aromatic N) is 5. The van der Waals surface area contributed by atoms with Crippen molar-refractivity contribution in [3.8, 4) is 11.4 Å². The maximum Gasteiger partial charge on any atom is 0.107 e. The molecule has 2 aromatic heterocycles. The van der Waals surface area contributed by atoms with Crippen LogP contribution in [0.3, 0.4) is 0 Å². The van der Waals surface area contributed by atoms with E-state index in [-0.39, 0.29) is 0 Å². The lowest BCUT2D eigenvalue weighted by molar-refractivity contribution is 0.139. The Bertz CT molecular complexity index is 644. The average Bonchev–Trinajstić information content (AvgIpc) is 2.88.